The predicted octanol–water partition coefficient (Wildman–Crippen LogP) is 0.748. The third-order valence-corrected chi connectivity index (χ3v) is 4.02. The molecule has 0 aromatic heterocycles. The van der Waals surface area contributed by atoms with Gasteiger partial charge in [0.15, 0.2) is 0 Å². The Kier molecular flexibility index (Phi) is 4.40. The number of nitrogens with one attached hydrogen (secondary N) is 1. The van der Waals surface area contributed by atoms with E-state index in [1.54, 1.807) is 0 Å². The maximum Gasteiger partial charge on any atom is 0.220 e. The number of rotatable bonds is 3. The van der Waals surface area contributed by atoms with E-state index in [1.165, 1.54) is 0 Å². The molecule has 98 valence electrons. The highest BCUT2D eigenvalue weighted by Gasteiger charge is 2.24. The number of aliphatic hydroxyl groups excluding tert-OH is 1. The Morgan fingerprint density at radius 1 is 1.29 bits per heavy atom. The van der Waals surface area contributed by atoms with Crippen molar-refractivity contribution in [2.24, 2.45) is 5.92 Å². The lowest BCUT2D eigenvalue weighted by Crippen LogP contribution is -2.39. The van der Waals surface area contributed by atoms with E-state index in [-0.39, 0.29) is 12.0 Å². The number of hydrogen-bond donors (Lipinski definition) is 2. The first-order chi connectivity index (χ1) is 8.13. The Balaban J connectivity index is 1.67. The first kappa shape index (κ1) is 12.8. The standard InChI is InChI=1S/C13H24N2O2/c1-15-7-6-10(9-15)8-13(17)14-11-2-4-12(16)5-3-11/h10-12,16H,2-9H2,1H3,(H,14,17). The molecular formula is C13H24N2O2. The van der Waals surface area contributed by atoms with Gasteiger partial charge in [0.25, 0.3) is 0 Å². The van der Waals surface area contributed by atoms with E-state index in [0.29, 0.717) is 18.4 Å². The van der Waals surface area contributed by atoms with Crippen molar-refractivity contribution in [1.82, 2.24) is 10.2 Å². The minimum Gasteiger partial charge on any atom is -0.393 e. The van der Waals surface area contributed by atoms with Crippen LogP contribution in [0.1, 0.15) is 38.5 Å². The molecule has 1 saturated heterocycles. The largest absolute Gasteiger partial charge is 0.393 e. The van der Waals surface area contributed by atoms with Gasteiger partial charge in [-0.15, -0.1) is 0 Å². The van der Waals surface area contributed by atoms with Crippen LogP contribution in [0.15, 0.2) is 0 Å². The predicted molar refractivity (Wildman–Crippen MR) is 66.6 cm³/mol. The summed E-state index contributed by atoms with van der Waals surface area (Å²) in [7, 11) is 2.11. The van der Waals surface area contributed by atoms with Gasteiger partial charge in [0.2, 0.25) is 5.91 Å². The van der Waals surface area contributed by atoms with Gasteiger partial charge in [0.1, 0.15) is 0 Å². The summed E-state index contributed by atoms with van der Waals surface area (Å²) in [5, 5.41) is 12.5. The van der Waals surface area contributed by atoms with Gasteiger partial charge >= 0.3 is 0 Å². The maximum absolute atomic E-state index is 11.9. The molecule has 0 aromatic carbocycles. The fourth-order valence-electron chi connectivity index (χ4n) is 2.96. The lowest BCUT2D eigenvalue weighted by Gasteiger charge is -2.26. The molecule has 0 bridgehead atoms. The topological polar surface area (TPSA) is 52.6 Å². The maximum atomic E-state index is 11.9. The second kappa shape index (κ2) is 5.83. The number of likely N-dealkylation sites (tertiary alicyclic amines) is 1. The molecule has 2 rings (SSSR count). The van der Waals surface area contributed by atoms with E-state index >= 15 is 0 Å². The van der Waals surface area contributed by atoms with Gasteiger partial charge in [-0.2, -0.15) is 0 Å². The molecule has 0 spiro atoms. The third kappa shape index (κ3) is 3.96. The zero-order valence-electron chi connectivity index (χ0n) is 10.7. The molecule has 0 radical (unpaired) electrons. The van der Waals surface area contributed by atoms with Gasteiger partial charge in [0.05, 0.1) is 6.10 Å². The quantitative estimate of drug-likeness (QED) is 0.765. The average Bonchev–Trinajstić information content (AvgIpc) is 2.67. The SMILES string of the molecule is CN1CCC(CC(=O)NC2CCC(O)CC2)C1. The molecule has 4 heteroatoms. The highest BCUT2D eigenvalue weighted by molar-refractivity contribution is 5.76. The minimum atomic E-state index is -0.147. The molecule has 1 saturated carbocycles. The van der Waals surface area contributed by atoms with Crippen LogP contribution in [0.2, 0.25) is 0 Å². The molecule has 1 heterocycles. The monoisotopic (exact) mass is 240 g/mol. The smallest absolute Gasteiger partial charge is 0.220 e. The molecule has 1 aliphatic heterocycles. The minimum absolute atomic E-state index is 0.147. The summed E-state index contributed by atoms with van der Waals surface area (Å²) in [5.41, 5.74) is 0. The Morgan fingerprint density at radius 3 is 2.59 bits per heavy atom. The molecule has 2 aliphatic rings. The number of carbonyl (C=O) groups is 1. The fraction of sp³-hybridized carbons (Fsp3) is 0.923. The van der Waals surface area contributed by atoms with Crippen LogP contribution in [0.5, 0.6) is 0 Å². The molecule has 1 unspecified atom stereocenters. The van der Waals surface area contributed by atoms with Crippen molar-refractivity contribution in [3.05, 3.63) is 0 Å². The Morgan fingerprint density at radius 2 is 2.00 bits per heavy atom. The number of carbonyl (C=O) groups excluding carboxylic acids is 1. The van der Waals surface area contributed by atoms with Crippen molar-refractivity contribution in [1.29, 1.82) is 0 Å². The van der Waals surface area contributed by atoms with Gasteiger partial charge in [-0.25, -0.2) is 0 Å². The Bertz CT molecular complexity index is 262. The summed E-state index contributed by atoms with van der Waals surface area (Å²) < 4.78 is 0. The van der Waals surface area contributed by atoms with Gasteiger partial charge in [0, 0.05) is 19.0 Å². The third-order valence-electron chi connectivity index (χ3n) is 4.02. The van der Waals surface area contributed by atoms with Crippen molar-refractivity contribution in [2.45, 2.75) is 50.7 Å². The van der Waals surface area contributed by atoms with Crippen LogP contribution < -0.4 is 5.32 Å². The molecule has 17 heavy (non-hydrogen) atoms. The molecule has 1 amide bonds. The highest BCUT2D eigenvalue weighted by Crippen LogP contribution is 2.20. The van der Waals surface area contributed by atoms with E-state index in [4.69, 9.17) is 0 Å². The highest BCUT2D eigenvalue weighted by atomic mass is 16.3. The van der Waals surface area contributed by atoms with Crippen LogP contribution in [0, 0.1) is 5.92 Å². The van der Waals surface area contributed by atoms with E-state index in [0.717, 1.165) is 45.2 Å². The lowest BCUT2D eigenvalue weighted by atomic mass is 9.93. The van der Waals surface area contributed by atoms with E-state index in [1.807, 2.05) is 0 Å². The van der Waals surface area contributed by atoms with Crippen LogP contribution in [0.4, 0.5) is 0 Å². The van der Waals surface area contributed by atoms with Gasteiger partial charge < -0.3 is 15.3 Å². The van der Waals surface area contributed by atoms with Gasteiger partial charge in [-0.3, -0.25) is 4.79 Å². The first-order valence-corrected chi connectivity index (χ1v) is 6.79. The average molecular weight is 240 g/mol. The second-order valence-corrected chi connectivity index (χ2v) is 5.69. The zero-order valence-corrected chi connectivity index (χ0v) is 10.7. The summed E-state index contributed by atoms with van der Waals surface area (Å²) in [5.74, 6) is 0.737. The van der Waals surface area contributed by atoms with Gasteiger partial charge in [-0.05, 0) is 51.6 Å². The number of nitrogens with zero attached hydrogens (tertiary/aromatic N) is 1. The molecule has 2 fully saturated rings. The number of hydrogen-bond acceptors (Lipinski definition) is 3. The number of aliphatic hydroxyl groups is 1. The second-order valence-electron chi connectivity index (χ2n) is 5.69. The van der Waals surface area contributed by atoms with Crippen molar-refractivity contribution in [2.75, 3.05) is 20.1 Å². The molecule has 0 aromatic rings. The molecule has 4 nitrogen and oxygen atoms in total. The molecule has 2 N–H and O–H groups in total. The molecule has 1 aliphatic carbocycles. The zero-order chi connectivity index (χ0) is 12.3. The molecular weight excluding hydrogens is 216 g/mol. The lowest BCUT2D eigenvalue weighted by molar-refractivity contribution is -0.123. The van der Waals surface area contributed by atoms with Crippen molar-refractivity contribution in [3.8, 4) is 0 Å². The van der Waals surface area contributed by atoms with E-state index in [9.17, 15) is 9.90 Å². The van der Waals surface area contributed by atoms with E-state index < -0.39 is 0 Å². The van der Waals surface area contributed by atoms with Gasteiger partial charge in [-0.1, -0.05) is 0 Å². The summed E-state index contributed by atoms with van der Waals surface area (Å²) >= 11 is 0. The Hall–Kier alpha value is -0.610. The normalized spacial score (nSPS) is 34.8. The van der Waals surface area contributed by atoms with Crippen molar-refractivity contribution in [3.63, 3.8) is 0 Å². The first-order valence-electron chi connectivity index (χ1n) is 6.79. The van der Waals surface area contributed by atoms with Crippen molar-refractivity contribution < 1.29 is 9.90 Å². The van der Waals surface area contributed by atoms with E-state index in [2.05, 4.69) is 17.3 Å². The Labute approximate surface area is 103 Å². The summed E-state index contributed by atoms with van der Waals surface area (Å²) in [6, 6.07) is 0.296. The summed E-state index contributed by atoms with van der Waals surface area (Å²) in [6.07, 6.45) is 5.19. The van der Waals surface area contributed by atoms with Crippen LogP contribution in [0.25, 0.3) is 0 Å². The van der Waals surface area contributed by atoms with Crippen LogP contribution >= 0.6 is 0 Å². The van der Waals surface area contributed by atoms with Crippen LogP contribution in [-0.2, 0) is 4.79 Å². The summed E-state index contributed by atoms with van der Waals surface area (Å²) in [4.78, 5) is 14.1. The molecule has 1 atom stereocenters. The summed E-state index contributed by atoms with van der Waals surface area (Å²) in [6.45, 7) is 2.17. The fourth-order valence-corrected chi connectivity index (χ4v) is 2.96. The van der Waals surface area contributed by atoms with Crippen LogP contribution in [0.3, 0.4) is 0 Å². The van der Waals surface area contributed by atoms with Crippen molar-refractivity contribution >= 4 is 5.91 Å². The number of amides is 1. The van der Waals surface area contributed by atoms with Crippen LogP contribution in [-0.4, -0.2) is 48.2 Å².